The lowest BCUT2D eigenvalue weighted by atomic mass is 10.2. The van der Waals surface area contributed by atoms with E-state index < -0.39 is 0 Å². The lowest BCUT2D eigenvalue weighted by molar-refractivity contribution is 0.0943. The van der Waals surface area contributed by atoms with Crippen LogP contribution in [0.25, 0.3) is 0 Å². The fourth-order valence-corrected chi connectivity index (χ4v) is 2.44. The normalized spacial score (nSPS) is 10.5. The van der Waals surface area contributed by atoms with Crippen LogP contribution in [0, 0.1) is 0 Å². The third kappa shape index (κ3) is 4.72. The molecule has 0 spiro atoms. The van der Waals surface area contributed by atoms with Gasteiger partial charge in [-0.1, -0.05) is 0 Å². The van der Waals surface area contributed by atoms with Crippen molar-refractivity contribution in [2.24, 2.45) is 0 Å². The summed E-state index contributed by atoms with van der Waals surface area (Å²) >= 11 is 0. The average Bonchev–Trinajstić information content (AvgIpc) is 2.57. The molecule has 0 aliphatic rings. The maximum absolute atomic E-state index is 11.9. The zero-order valence-corrected chi connectivity index (χ0v) is 14.8. The Morgan fingerprint density at radius 2 is 1.75 bits per heavy atom. The molecule has 0 saturated carbocycles. The second-order valence-corrected chi connectivity index (χ2v) is 5.90. The van der Waals surface area contributed by atoms with Crippen molar-refractivity contribution in [1.29, 1.82) is 0 Å². The minimum atomic E-state index is -0.104. The Labute approximate surface area is 144 Å². The molecule has 5 heteroatoms. The summed E-state index contributed by atoms with van der Waals surface area (Å²) < 4.78 is 0. The molecule has 1 aromatic heterocycles. The molecule has 2 rings (SSSR count). The maximum atomic E-state index is 11.9. The predicted octanol–water partition coefficient (Wildman–Crippen LogP) is 3.81. The van der Waals surface area contributed by atoms with Gasteiger partial charge in [-0.15, -0.1) is 0 Å². The van der Waals surface area contributed by atoms with Crippen LogP contribution in [0.2, 0.25) is 0 Å². The molecule has 0 atom stereocenters. The van der Waals surface area contributed by atoms with E-state index in [1.807, 2.05) is 32.0 Å². The molecule has 1 amide bonds. The summed E-state index contributed by atoms with van der Waals surface area (Å²) in [5.41, 5.74) is 2.74. The summed E-state index contributed by atoms with van der Waals surface area (Å²) in [5.74, 6) is 0.610. The second-order valence-electron chi connectivity index (χ2n) is 5.90. The number of amides is 1. The zero-order chi connectivity index (χ0) is 17.5. The molecule has 1 heterocycles. The highest BCUT2D eigenvalue weighted by atomic mass is 16.1. The number of nitrogens with one attached hydrogen (secondary N) is 2. The molecule has 24 heavy (non-hydrogen) atoms. The van der Waals surface area contributed by atoms with Gasteiger partial charge in [0.2, 0.25) is 0 Å². The molecule has 128 valence electrons. The number of anilines is 3. The minimum Gasteiger partial charge on any atom is -0.372 e. The van der Waals surface area contributed by atoms with Gasteiger partial charge in [0, 0.05) is 36.7 Å². The summed E-state index contributed by atoms with van der Waals surface area (Å²) in [4.78, 5) is 18.5. The van der Waals surface area contributed by atoms with Crippen molar-refractivity contribution in [2.45, 2.75) is 33.7 Å². The number of aromatic nitrogens is 1. The Hall–Kier alpha value is -2.56. The van der Waals surface area contributed by atoms with Crippen molar-refractivity contribution in [3.63, 3.8) is 0 Å². The van der Waals surface area contributed by atoms with E-state index >= 15 is 0 Å². The van der Waals surface area contributed by atoms with Crippen molar-refractivity contribution in [3.8, 4) is 0 Å². The van der Waals surface area contributed by atoms with Crippen molar-refractivity contribution >= 4 is 23.1 Å². The maximum Gasteiger partial charge on any atom is 0.253 e. The van der Waals surface area contributed by atoms with Gasteiger partial charge in [0.1, 0.15) is 5.82 Å². The summed E-state index contributed by atoms with van der Waals surface area (Å²) in [6.07, 6.45) is 1.59. The highest BCUT2D eigenvalue weighted by molar-refractivity contribution is 5.94. The second kappa shape index (κ2) is 8.34. The van der Waals surface area contributed by atoms with E-state index in [4.69, 9.17) is 0 Å². The zero-order valence-electron chi connectivity index (χ0n) is 14.8. The molecule has 1 aromatic carbocycles. The van der Waals surface area contributed by atoms with Crippen molar-refractivity contribution in [1.82, 2.24) is 10.3 Å². The van der Waals surface area contributed by atoms with Crippen LogP contribution in [-0.2, 0) is 0 Å². The molecule has 0 fully saturated rings. The first-order valence-electron chi connectivity index (χ1n) is 8.42. The van der Waals surface area contributed by atoms with Gasteiger partial charge in [-0.05, 0) is 64.1 Å². The Kier molecular flexibility index (Phi) is 6.18. The number of nitrogens with zero attached hydrogens (tertiary/aromatic N) is 2. The lowest BCUT2D eigenvalue weighted by Crippen LogP contribution is -2.30. The predicted molar refractivity (Wildman–Crippen MR) is 100 cm³/mol. The first-order valence-corrected chi connectivity index (χ1v) is 8.42. The summed E-state index contributed by atoms with van der Waals surface area (Å²) in [6.45, 7) is 10.1. The van der Waals surface area contributed by atoms with E-state index in [1.165, 1.54) is 5.69 Å². The van der Waals surface area contributed by atoms with Crippen molar-refractivity contribution < 1.29 is 4.79 Å². The molecule has 2 aromatic rings. The van der Waals surface area contributed by atoms with Crippen molar-refractivity contribution in [3.05, 3.63) is 48.2 Å². The average molecular weight is 326 g/mol. The molecule has 0 radical (unpaired) electrons. The van der Waals surface area contributed by atoms with Gasteiger partial charge in [-0.2, -0.15) is 0 Å². The van der Waals surface area contributed by atoms with Gasteiger partial charge in [0.25, 0.3) is 5.91 Å². The van der Waals surface area contributed by atoms with E-state index in [0.717, 1.165) is 18.8 Å². The number of carbonyl (C=O) groups is 1. The van der Waals surface area contributed by atoms with E-state index in [9.17, 15) is 4.79 Å². The van der Waals surface area contributed by atoms with E-state index in [0.29, 0.717) is 11.4 Å². The first kappa shape index (κ1) is 17.8. The van der Waals surface area contributed by atoms with Gasteiger partial charge in [-0.3, -0.25) is 4.79 Å². The third-order valence-corrected chi connectivity index (χ3v) is 3.71. The topological polar surface area (TPSA) is 57.3 Å². The smallest absolute Gasteiger partial charge is 0.253 e. The highest BCUT2D eigenvalue weighted by Crippen LogP contribution is 2.20. The summed E-state index contributed by atoms with van der Waals surface area (Å²) in [7, 11) is 0. The number of hydrogen-bond donors (Lipinski definition) is 2. The van der Waals surface area contributed by atoms with Gasteiger partial charge in [-0.25, -0.2) is 4.98 Å². The molecule has 0 aliphatic heterocycles. The standard InChI is InChI=1S/C19H26N4O/c1-5-23(6-2)17-10-8-16(9-11-17)22-18-12-7-15(13-20-18)19(24)21-14(3)4/h7-14H,5-6H2,1-4H3,(H,20,22)(H,21,24). The summed E-state index contributed by atoms with van der Waals surface area (Å²) in [6, 6.07) is 12.0. The number of benzene rings is 1. The largest absolute Gasteiger partial charge is 0.372 e. The third-order valence-electron chi connectivity index (χ3n) is 3.71. The quantitative estimate of drug-likeness (QED) is 0.812. The Bertz CT molecular complexity index is 646. The van der Waals surface area contributed by atoms with E-state index in [-0.39, 0.29) is 11.9 Å². The van der Waals surface area contributed by atoms with Gasteiger partial charge in [0.05, 0.1) is 5.56 Å². The molecule has 5 nitrogen and oxygen atoms in total. The molecular weight excluding hydrogens is 300 g/mol. The van der Waals surface area contributed by atoms with E-state index in [1.54, 1.807) is 12.3 Å². The highest BCUT2D eigenvalue weighted by Gasteiger charge is 2.07. The number of rotatable bonds is 7. The number of carbonyl (C=O) groups excluding carboxylic acids is 1. The number of pyridine rings is 1. The van der Waals surface area contributed by atoms with E-state index in [2.05, 4.69) is 46.5 Å². The molecule has 0 saturated heterocycles. The number of hydrogen-bond acceptors (Lipinski definition) is 4. The Balaban J connectivity index is 2.02. The molecule has 0 unspecified atom stereocenters. The van der Waals surface area contributed by atoms with Crippen LogP contribution in [-0.4, -0.2) is 30.0 Å². The fourth-order valence-electron chi connectivity index (χ4n) is 2.44. The van der Waals surface area contributed by atoms with Gasteiger partial charge >= 0.3 is 0 Å². The molecular formula is C19H26N4O. The van der Waals surface area contributed by atoms with Crippen LogP contribution in [0.3, 0.4) is 0 Å². The van der Waals surface area contributed by atoms with Crippen molar-refractivity contribution in [2.75, 3.05) is 23.3 Å². The summed E-state index contributed by atoms with van der Waals surface area (Å²) in [5, 5.41) is 6.10. The van der Waals surface area contributed by atoms with Crippen LogP contribution in [0.5, 0.6) is 0 Å². The lowest BCUT2D eigenvalue weighted by Gasteiger charge is -2.21. The van der Waals surface area contributed by atoms with Crippen LogP contribution in [0.1, 0.15) is 38.1 Å². The van der Waals surface area contributed by atoms with Crippen LogP contribution in [0.15, 0.2) is 42.6 Å². The minimum absolute atomic E-state index is 0.104. The Morgan fingerprint density at radius 3 is 2.25 bits per heavy atom. The van der Waals surface area contributed by atoms with Crippen LogP contribution >= 0.6 is 0 Å². The molecule has 0 aliphatic carbocycles. The SMILES string of the molecule is CCN(CC)c1ccc(Nc2ccc(C(=O)NC(C)C)cn2)cc1. The first-order chi connectivity index (χ1) is 11.5. The fraction of sp³-hybridized carbons (Fsp3) is 0.368. The molecule has 2 N–H and O–H groups in total. The monoisotopic (exact) mass is 326 g/mol. The van der Waals surface area contributed by atoms with Gasteiger partial charge < -0.3 is 15.5 Å². The van der Waals surface area contributed by atoms with Crippen LogP contribution < -0.4 is 15.5 Å². The van der Waals surface area contributed by atoms with Crippen LogP contribution in [0.4, 0.5) is 17.2 Å². The van der Waals surface area contributed by atoms with Gasteiger partial charge in [0.15, 0.2) is 0 Å². The molecule has 0 bridgehead atoms. The Morgan fingerprint density at radius 1 is 1.08 bits per heavy atom.